The van der Waals surface area contributed by atoms with Crippen molar-refractivity contribution in [3.63, 3.8) is 0 Å². The van der Waals surface area contributed by atoms with Crippen LogP contribution in [0.5, 0.6) is 0 Å². The summed E-state index contributed by atoms with van der Waals surface area (Å²) < 4.78 is 0. The Hall–Kier alpha value is -0.850. The largest absolute Gasteiger partial charge is 0.265 e. The maximum atomic E-state index is 4.52. The lowest BCUT2D eigenvalue weighted by Crippen LogP contribution is -2.16. The second-order valence-corrected chi connectivity index (χ2v) is 3.89. The fraction of sp³-hybridized carbons (Fsp3) is 0.615. The van der Waals surface area contributed by atoms with Crippen molar-refractivity contribution in [1.82, 2.24) is 0 Å². The summed E-state index contributed by atoms with van der Waals surface area (Å²) in [6.45, 7) is 5.84. The molecular weight excluding hydrogens is 170 g/mol. The number of nitrogens with zero attached hydrogens (tertiary/aromatic N) is 1. The topological polar surface area (TPSA) is 12.4 Å². The maximum Gasteiger partial charge on any atom is 0.0267 e. The molecule has 0 unspecified atom stereocenters. The van der Waals surface area contributed by atoms with Crippen LogP contribution >= 0.6 is 0 Å². The Balaban J connectivity index is 2.54. The van der Waals surface area contributed by atoms with Crippen LogP contribution in [0.4, 0.5) is 0 Å². The molecule has 0 atom stereocenters. The van der Waals surface area contributed by atoms with Crippen LogP contribution in [0.15, 0.2) is 29.9 Å². The number of hydrogen-bond donors (Lipinski definition) is 0. The Morgan fingerprint density at radius 1 is 1.36 bits per heavy atom. The predicted molar refractivity (Wildman–Crippen MR) is 63.6 cm³/mol. The Bertz CT molecular complexity index is 219. The Morgan fingerprint density at radius 2 is 2.07 bits per heavy atom. The smallest absolute Gasteiger partial charge is 0.0267 e. The molecule has 0 aromatic carbocycles. The number of hydrogen-bond acceptors (Lipinski definition) is 1. The summed E-state index contributed by atoms with van der Waals surface area (Å²) in [5.74, 6) is 0.753. The molecule has 78 valence electrons. The van der Waals surface area contributed by atoms with Crippen molar-refractivity contribution in [3.8, 4) is 0 Å². The zero-order valence-electron chi connectivity index (χ0n) is 9.21. The molecule has 1 saturated carbocycles. The Kier molecular flexibility index (Phi) is 5.28. The number of aliphatic imine (C=N–C) groups is 1. The van der Waals surface area contributed by atoms with E-state index in [9.17, 15) is 0 Å². The first kappa shape index (κ1) is 11.2. The molecule has 0 aromatic heterocycles. The zero-order chi connectivity index (χ0) is 10.2. The van der Waals surface area contributed by atoms with E-state index in [0.29, 0.717) is 0 Å². The van der Waals surface area contributed by atoms with Crippen molar-refractivity contribution in [1.29, 1.82) is 0 Å². The van der Waals surface area contributed by atoms with Crippen molar-refractivity contribution >= 4 is 5.71 Å². The summed E-state index contributed by atoms with van der Waals surface area (Å²) in [5, 5.41) is 0. The van der Waals surface area contributed by atoms with E-state index in [4.69, 9.17) is 0 Å². The fourth-order valence-corrected chi connectivity index (χ4v) is 2.12. The monoisotopic (exact) mass is 191 g/mol. The summed E-state index contributed by atoms with van der Waals surface area (Å²) >= 11 is 0. The molecule has 1 aliphatic carbocycles. The van der Waals surface area contributed by atoms with Gasteiger partial charge in [0.2, 0.25) is 0 Å². The molecule has 1 aliphatic rings. The van der Waals surface area contributed by atoms with E-state index >= 15 is 0 Å². The van der Waals surface area contributed by atoms with Crippen molar-refractivity contribution in [2.24, 2.45) is 10.9 Å². The molecule has 1 rings (SSSR count). The molecule has 1 fully saturated rings. The van der Waals surface area contributed by atoms with Crippen LogP contribution < -0.4 is 0 Å². The highest BCUT2D eigenvalue weighted by molar-refractivity contribution is 5.87. The highest BCUT2D eigenvalue weighted by Gasteiger charge is 2.17. The van der Waals surface area contributed by atoms with Crippen LogP contribution in [0, 0.1) is 5.92 Å². The van der Waals surface area contributed by atoms with Gasteiger partial charge in [0.25, 0.3) is 0 Å². The lowest BCUT2D eigenvalue weighted by Gasteiger charge is -2.22. The molecule has 0 heterocycles. The molecule has 14 heavy (non-hydrogen) atoms. The van der Waals surface area contributed by atoms with Gasteiger partial charge in [-0.15, -0.1) is 0 Å². The average Bonchev–Trinajstić information content (AvgIpc) is 2.26. The molecule has 0 spiro atoms. The van der Waals surface area contributed by atoms with E-state index < -0.39 is 0 Å². The van der Waals surface area contributed by atoms with Gasteiger partial charge in [-0.05, 0) is 31.3 Å². The van der Waals surface area contributed by atoms with Crippen LogP contribution in [0.2, 0.25) is 0 Å². The second kappa shape index (κ2) is 6.58. The van der Waals surface area contributed by atoms with Gasteiger partial charge in [-0.1, -0.05) is 38.8 Å². The van der Waals surface area contributed by atoms with Gasteiger partial charge in [-0.2, -0.15) is 0 Å². The summed E-state index contributed by atoms with van der Waals surface area (Å²) in [6, 6.07) is 0. The van der Waals surface area contributed by atoms with Crippen molar-refractivity contribution in [2.45, 2.75) is 45.4 Å². The lowest BCUT2D eigenvalue weighted by molar-refractivity contribution is 0.436. The molecule has 1 heteroatoms. The van der Waals surface area contributed by atoms with Crippen LogP contribution in [0.1, 0.15) is 45.4 Å². The van der Waals surface area contributed by atoms with Crippen LogP contribution in [-0.4, -0.2) is 5.71 Å². The van der Waals surface area contributed by atoms with E-state index in [1.54, 1.807) is 6.08 Å². The fourth-order valence-electron chi connectivity index (χ4n) is 2.12. The van der Waals surface area contributed by atoms with E-state index in [0.717, 1.165) is 12.3 Å². The minimum atomic E-state index is 0.753. The third kappa shape index (κ3) is 3.49. The quantitative estimate of drug-likeness (QED) is 0.468. The lowest BCUT2D eigenvalue weighted by atomic mass is 9.85. The normalized spacial score (nSPS) is 20.2. The maximum absolute atomic E-state index is 4.52. The van der Waals surface area contributed by atoms with Crippen LogP contribution in [-0.2, 0) is 0 Å². The molecule has 0 aromatic rings. The van der Waals surface area contributed by atoms with Gasteiger partial charge >= 0.3 is 0 Å². The third-order valence-corrected chi connectivity index (χ3v) is 2.90. The van der Waals surface area contributed by atoms with Crippen LogP contribution in [0.3, 0.4) is 0 Å². The van der Waals surface area contributed by atoms with Gasteiger partial charge in [-0.25, -0.2) is 0 Å². The zero-order valence-corrected chi connectivity index (χ0v) is 9.21. The highest BCUT2D eigenvalue weighted by Crippen LogP contribution is 2.25. The second-order valence-electron chi connectivity index (χ2n) is 3.89. The minimum absolute atomic E-state index is 0.753. The first-order valence-electron chi connectivity index (χ1n) is 5.72. The van der Waals surface area contributed by atoms with E-state index in [-0.39, 0.29) is 0 Å². The van der Waals surface area contributed by atoms with Gasteiger partial charge < -0.3 is 0 Å². The average molecular weight is 191 g/mol. The summed E-state index contributed by atoms with van der Waals surface area (Å²) in [6.07, 6.45) is 13.5. The van der Waals surface area contributed by atoms with E-state index in [2.05, 4.69) is 18.5 Å². The molecule has 1 nitrogen and oxygen atoms in total. The SMILES string of the molecule is C=C/C=C\N=C(/CC)C1CCCCC1. The van der Waals surface area contributed by atoms with Gasteiger partial charge in [-0.3, -0.25) is 4.99 Å². The van der Waals surface area contributed by atoms with E-state index in [1.165, 1.54) is 37.8 Å². The molecule has 0 N–H and O–H groups in total. The molecule has 0 bridgehead atoms. The summed E-state index contributed by atoms with van der Waals surface area (Å²) in [5.41, 5.74) is 1.38. The van der Waals surface area contributed by atoms with E-state index in [1.807, 2.05) is 12.3 Å². The first-order valence-corrected chi connectivity index (χ1v) is 5.72. The van der Waals surface area contributed by atoms with Gasteiger partial charge in [0, 0.05) is 11.9 Å². The number of rotatable bonds is 4. The molecular formula is C13H21N. The van der Waals surface area contributed by atoms with Crippen molar-refractivity contribution in [2.75, 3.05) is 0 Å². The Morgan fingerprint density at radius 3 is 2.64 bits per heavy atom. The molecule has 0 aliphatic heterocycles. The standard InChI is InChI=1S/C13H21N/c1-3-5-11-14-13(4-2)12-9-7-6-8-10-12/h3,5,11-12H,1,4,6-10H2,2H3/b11-5-,14-13+. The highest BCUT2D eigenvalue weighted by atomic mass is 14.7. The van der Waals surface area contributed by atoms with Crippen molar-refractivity contribution in [3.05, 3.63) is 24.9 Å². The summed E-state index contributed by atoms with van der Waals surface area (Å²) in [4.78, 5) is 4.52. The number of allylic oxidation sites excluding steroid dienone is 2. The van der Waals surface area contributed by atoms with Gasteiger partial charge in [0.1, 0.15) is 0 Å². The predicted octanol–water partition coefficient (Wildman–Crippen LogP) is 4.12. The first-order chi connectivity index (χ1) is 6.88. The minimum Gasteiger partial charge on any atom is -0.265 e. The van der Waals surface area contributed by atoms with Crippen molar-refractivity contribution < 1.29 is 0 Å². The molecule has 0 amide bonds. The molecule has 0 saturated heterocycles. The van der Waals surface area contributed by atoms with Gasteiger partial charge in [0.05, 0.1) is 0 Å². The van der Waals surface area contributed by atoms with Gasteiger partial charge in [0.15, 0.2) is 0 Å². The third-order valence-electron chi connectivity index (χ3n) is 2.90. The molecule has 0 radical (unpaired) electrons. The summed E-state index contributed by atoms with van der Waals surface area (Å²) in [7, 11) is 0. The van der Waals surface area contributed by atoms with Crippen LogP contribution in [0.25, 0.3) is 0 Å². The Labute approximate surface area is 87.6 Å².